The molecule has 0 aliphatic carbocycles. The second-order valence-corrected chi connectivity index (χ2v) is 11.3. The molecule has 0 saturated carbocycles. The lowest BCUT2D eigenvalue weighted by molar-refractivity contribution is -0.165. The molecule has 1 unspecified atom stereocenters. The molecule has 0 aromatic heterocycles. The summed E-state index contributed by atoms with van der Waals surface area (Å²) in [6.07, 6.45) is 1.80. The molecule has 0 spiro atoms. The van der Waals surface area contributed by atoms with E-state index < -0.39 is 10.1 Å². The van der Waals surface area contributed by atoms with E-state index in [0.717, 1.165) is 23.3 Å². The summed E-state index contributed by atoms with van der Waals surface area (Å²) in [5, 5.41) is 0. The Hall–Kier alpha value is -1.83. The molecule has 2 rings (SSSR count). The van der Waals surface area contributed by atoms with Crippen LogP contribution >= 0.6 is 12.6 Å². The van der Waals surface area contributed by atoms with Crippen molar-refractivity contribution in [2.24, 2.45) is 5.41 Å². The molecule has 5 nitrogen and oxygen atoms in total. The van der Waals surface area contributed by atoms with Gasteiger partial charge in [0.15, 0.2) is 0 Å². The first-order valence-corrected chi connectivity index (χ1v) is 12.9. The zero-order valence-corrected chi connectivity index (χ0v) is 22.8. The van der Waals surface area contributed by atoms with E-state index in [1.54, 1.807) is 12.1 Å². The second kappa shape index (κ2) is 13.8. The third-order valence-corrected chi connectivity index (χ3v) is 6.09. The van der Waals surface area contributed by atoms with Gasteiger partial charge in [-0.1, -0.05) is 51.1 Å². The summed E-state index contributed by atoms with van der Waals surface area (Å²) in [4.78, 5) is 12.3. The number of benzene rings is 2. The highest BCUT2D eigenvalue weighted by atomic mass is 32.2. The molecule has 0 aliphatic heterocycles. The van der Waals surface area contributed by atoms with E-state index in [2.05, 4.69) is 26.5 Å². The zero-order chi connectivity index (χ0) is 25.9. The summed E-state index contributed by atoms with van der Waals surface area (Å²) >= 11 is 4.08. The fourth-order valence-electron chi connectivity index (χ4n) is 2.19. The van der Waals surface area contributed by atoms with E-state index in [9.17, 15) is 17.8 Å². The van der Waals surface area contributed by atoms with E-state index in [1.807, 2.05) is 71.9 Å². The number of hydrogen-bond acceptors (Lipinski definition) is 6. The van der Waals surface area contributed by atoms with Crippen LogP contribution in [0.1, 0.15) is 79.7 Å². The van der Waals surface area contributed by atoms with Crippen LogP contribution < -0.4 is 0 Å². The van der Waals surface area contributed by atoms with Gasteiger partial charge in [0.2, 0.25) is 0 Å². The molecule has 2 aromatic carbocycles. The smallest absolute Gasteiger partial charge is 0.312 e. The van der Waals surface area contributed by atoms with Crippen molar-refractivity contribution in [3.63, 3.8) is 0 Å². The van der Waals surface area contributed by atoms with Gasteiger partial charge in [0, 0.05) is 4.90 Å². The Morgan fingerprint density at radius 3 is 1.76 bits per heavy atom. The van der Waals surface area contributed by atoms with Crippen LogP contribution in [0.25, 0.3) is 0 Å². The van der Waals surface area contributed by atoms with Crippen LogP contribution in [0.3, 0.4) is 0 Å². The Kier molecular flexibility index (Phi) is 13.0. The van der Waals surface area contributed by atoms with E-state index in [0.29, 0.717) is 5.92 Å². The summed E-state index contributed by atoms with van der Waals surface area (Å²) in [6, 6.07) is 15.9. The third kappa shape index (κ3) is 13.5. The number of carbonyl (C=O) groups excluding carboxylic acids is 1. The topological polar surface area (TPSA) is 83.5 Å². The van der Waals surface area contributed by atoms with Gasteiger partial charge in [-0.25, -0.2) is 8.42 Å². The van der Waals surface area contributed by atoms with Crippen LogP contribution in [0.4, 0.5) is 0 Å². The normalized spacial score (nSPS) is 12.4. The molecule has 186 valence electrons. The number of thiol groups is 1. The Labute approximate surface area is 206 Å². The Morgan fingerprint density at radius 1 is 0.970 bits per heavy atom. The molecule has 0 N–H and O–H groups in total. The highest BCUT2D eigenvalue weighted by Gasteiger charge is 2.30. The standard InChI is InChI=1S/C10H14O3S.C10H20O2.C6H6S/c1-3-8(2)9-4-6-10(7-5-9)14(11,12)13;1-7-10(5,6)8(11)12-9(2,3)4;7-6-4-2-1-3-5-6/h4-8H,3H2,1-2H3,(H,11,12,13);7H2,1-6H3;1-5,7H/p-1. The first-order valence-electron chi connectivity index (χ1n) is 11.1. The van der Waals surface area contributed by atoms with Crippen molar-refractivity contribution < 1.29 is 22.5 Å². The number of rotatable bonds is 5. The Morgan fingerprint density at radius 2 is 1.45 bits per heavy atom. The number of ether oxygens (including phenoxy) is 1. The molecule has 0 aliphatic rings. The van der Waals surface area contributed by atoms with Crippen molar-refractivity contribution >= 4 is 28.7 Å². The van der Waals surface area contributed by atoms with Crippen molar-refractivity contribution in [2.45, 2.75) is 89.5 Å². The van der Waals surface area contributed by atoms with E-state index in [1.165, 1.54) is 12.1 Å². The molecular formula is C26H39O5S2-. The van der Waals surface area contributed by atoms with Crippen LogP contribution in [-0.2, 0) is 19.6 Å². The van der Waals surface area contributed by atoms with Crippen molar-refractivity contribution in [3.8, 4) is 0 Å². The monoisotopic (exact) mass is 495 g/mol. The third-order valence-electron chi connectivity index (χ3n) is 4.94. The van der Waals surface area contributed by atoms with Gasteiger partial charge in [-0.15, -0.1) is 12.6 Å². The molecule has 1 atom stereocenters. The molecular weight excluding hydrogens is 456 g/mol. The molecule has 0 amide bonds. The minimum absolute atomic E-state index is 0.113. The highest BCUT2D eigenvalue weighted by Crippen LogP contribution is 2.24. The van der Waals surface area contributed by atoms with Gasteiger partial charge in [0.25, 0.3) is 0 Å². The molecule has 0 fully saturated rings. The molecule has 0 radical (unpaired) electrons. The maximum Gasteiger partial charge on any atom is 0.312 e. The summed E-state index contributed by atoms with van der Waals surface area (Å²) in [5.74, 6) is 0.274. The lowest BCUT2D eigenvalue weighted by Gasteiger charge is -2.27. The van der Waals surface area contributed by atoms with Gasteiger partial charge >= 0.3 is 5.97 Å². The van der Waals surface area contributed by atoms with Gasteiger partial charge in [-0.2, -0.15) is 0 Å². The molecule has 2 aromatic rings. The van der Waals surface area contributed by atoms with Crippen molar-refractivity contribution in [2.75, 3.05) is 0 Å². The molecule has 33 heavy (non-hydrogen) atoms. The van der Waals surface area contributed by atoms with E-state index in [4.69, 9.17) is 4.74 Å². The van der Waals surface area contributed by atoms with Crippen molar-refractivity contribution in [1.82, 2.24) is 0 Å². The molecule has 0 bridgehead atoms. The lowest BCUT2D eigenvalue weighted by atomic mass is 9.90. The minimum atomic E-state index is -4.30. The lowest BCUT2D eigenvalue weighted by Crippen LogP contribution is -2.33. The summed E-state index contributed by atoms with van der Waals surface area (Å²) < 4.78 is 37.1. The van der Waals surface area contributed by atoms with Crippen LogP contribution in [0.5, 0.6) is 0 Å². The maximum absolute atomic E-state index is 11.5. The number of esters is 1. The van der Waals surface area contributed by atoms with E-state index in [-0.39, 0.29) is 21.9 Å². The minimum Gasteiger partial charge on any atom is -0.744 e. The van der Waals surface area contributed by atoms with Crippen LogP contribution in [-0.4, -0.2) is 24.5 Å². The molecule has 0 saturated heterocycles. The maximum atomic E-state index is 11.5. The van der Waals surface area contributed by atoms with Crippen LogP contribution in [0.2, 0.25) is 0 Å². The Balaban J connectivity index is 0.000000490. The van der Waals surface area contributed by atoms with Crippen LogP contribution in [0.15, 0.2) is 64.4 Å². The van der Waals surface area contributed by atoms with Gasteiger partial charge in [-0.3, -0.25) is 4.79 Å². The van der Waals surface area contributed by atoms with Gasteiger partial charge in [0.1, 0.15) is 15.7 Å². The first kappa shape index (κ1) is 31.2. The summed E-state index contributed by atoms with van der Waals surface area (Å²) in [7, 11) is -4.30. The predicted molar refractivity (Wildman–Crippen MR) is 137 cm³/mol. The Bertz CT molecular complexity index is 929. The first-order chi connectivity index (χ1) is 15.0. The van der Waals surface area contributed by atoms with Crippen LogP contribution in [0, 0.1) is 5.41 Å². The van der Waals surface area contributed by atoms with Crippen molar-refractivity contribution in [1.29, 1.82) is 0 Å². The van der Waals surface area contributed by atoms with Gasteiger partial charge in [-0.05, 0) is 83.2 Å². The number of hydrogen-bond donors (Lipinski definition) is 1. The average molecular weight is 496 g/mol. The zero-order valence-electron chi connectivity index (χ0n) is 21.1. The SMILES string of the molecule is CCC(C)(C)C(=O)OC(C)(C)C.CCC(C)c1ccc(S(=O)(=O)[O-])cc1.Sc1ccccc1. The summed E-state index contributed by atoms with van der Waals surface area (Å²) in [5.41, 5.74) is 0.330. The molecule has 7 heteroatoms. The average Bonchev–Trinajstić information content (AvgIpc) is 2.73. The van der Waals surface area contributed by atoms with Crippen molar-refractivity contribution in [3.05, 3.63) is 60.2 Å². The fraction of sp³-hybridized carbons (Fsp3) is 0.500. The predicted octanol–water partition coefficient (Wildman–Crippen LogP) is 6.84. The van der Waals surface area contributed by atoms with Gasteiger partial charge in [0.05, 0.1) is 10.3 Å². The molecule has 0 heterocycles. The van der Waals surface area contributed by atoms with E-state index >= 15 is 0 Å². The second-order valence-electron chi connectivity index (χ2n) is 9.41. The number of carbonyl (C=O) groups is 1. The highest BCUT2D eigenvalue weighted by molar-refractivity contribution is 7.85. The van der Waals surface area contributed by atoms with Gasteiger partial charge < -0.3 is 9.29 Å². The summed E-state index contributed by atoms with van der Waals surface area (Å²) in [6.45, 7) is 15.6. The largest absolute Gasteiger partial charge is 0.744 e. The quantitative estimate of drug-likeness (QED) is 0.279. The fourth-order valence-corrected chi connectivity index (χ4v) is 2.83.